The summed E-state index contributed by atoms with van der Waals surface area (Å²) < 4.78 is 33.5. The molecule has 6 heteroatoms. The number of hydrogen-bond donors (Lipinski definition) is 0. The Kier molecular flexibility index (Phi) is 4.70. The van der Waals surface area contributed by atoms with Gasteiger partial charge in [0.25, 0.3) is 6.43 Å². The third-order valence-electron chi connectivity index (χ3n) is 0.506. The van der Waals surface area contributed by atoms with E-state index in [9.17, 15) is 13.2 Å². The lowest BCUT2D eigenvalue weighted by molar-refractivity contribution is 0.0895. The van der Waals surface area contributed by atoms with Gasteiger partial charge in [0.1, 0.15) is 15.3 Å². The molecule has 0 aromatic carbocycles. The van der Waals surface area contributed by atoms with Crippen molar-refractivity contribution < 1.29 is 13.2 Å². The van der Waals surface area contributed by atoms with Gasteiger partial charge < -0.3 is 0 Å². The van der Waals surface area contributed by atoms with Crippen molar-refractivity contribution in [3.63, 3.8) is 0 Å². The van der Waals surface area contributed by atoms with Crippen molar-refractivity contribution >= 4 is 32.7 Å². The van der Waals surface area contributed by atoms with Crippen LogP contribution in [0, 0.1) is 0 Å². The minimum absolute atomic E-state index is 0.743. The van der Waals surface area contributed by atoms with Gasteiger partial charge in [-0.15, -0.1) is 23.2 Å². The number of alkyl halides is 5. The Morgan fingerprint density at radius 2 is 1.56 bits per heavy atom. The molecule has 1 atom stereocenters. The van der Waals surface area contributed by atoms with Crippen LogP contribution < -0.4 is 0 Å². The van der Waals surface area contributed by atoms with Gasteiger partial charge in [0.2, 0.25) is 0 Å². The highest BCUT2D eigenvalue weighted by Crippen LogP contribution is 2.09. The predicted octanol–water partition coefficient (Wildman–Crippen LogP) is 2.01. The van der Waals surface area contributed by atoms with Gasteiger partial charge in [0.15, 0.2) is 0 Å². The Morgan fingerprint density at radius 1 is 1.11 bits per heavy atom. The molecule has 9 heavy (non-hydrogen) atoms. The maximum Gasteiger partial charge on any atom is 0.265 e. The second-order valence-corrected chi connectivity index (χ2v) is 4.49. The predicted molar refractivity (Wildman–Crippen MR) is 32.1 cm³/mol. The Balaban J connectivity index is 3.38. The van der Waals surface area contributed by atoms with E-state index in [1.54, 1.807) is 0 Å². The van der Waals surface area contributed by atoms with Crippen molar-refractivity contribution in [3.05, 3.63) is 0 Å². The average molecular weight is 195 g/mol. The molecule has 0 fully saturated rings. The van der Waals surface area contributed by atoms with Crippen molar-refractivity contribution in [1.82, 2.24) is 0 Å². The van der Waals surface area contributed by atoms with E-state index in [2.05, 4.69) is 0 Å². The molecule has 0 aliphatic rings. The molecule has 0 aliphatic heterocycles. The lowest BCUT2D eigenvalue weighted by atomic mass is 10.8. The summed E-state index contributed by atoms with van der Waals surface area (Å²) >= 11 is 10.0. The van der Waals surface area contributed by atoms with E-state index in [4.69, 9.17) is 23.2 Å². The van der Waals surface area contributed by atoms with Crippen LogP contribution >= 0.6 is 23.2 Å². The Hall–Kier alpha value is 0.587. The van der Waals surface area contributed by atoms with Crippen molar-refractivity contribution in [2.24, 2.45) is 0 Å². The summed E-state index contributed by atoms with van der Waals surface area (Å²) in [7, 11) is -0.743. The molecule has 0 amide bonds. The molecule has 0 spiro atoms. The molecule has 0 aliphatic carbocycles. The highest BCUT2D eigenvalue weighted by atomic mass is 35.5. The van der Waals surface area contributed by atoms with Gasteiger partial charge in [-0.2, -0.15) is 0 Å². The SMILES string of the molecule is FC(F)C(F)[Si]C(Cl)Cl. The van der Waals surface area contributed by atoms with Crippen LogP contribution in [-0.2, 0) is 0 Å². The molecule has 0 nitrogen and oxygen atoms in total. The minimum atomic E-state index is -2.97. The summed E-state index contributed by atoms with van der Waals surface area (Å²) in [6.45, 7) is 0. The zero-order valence-electron chi connectivity index (χ0n) is 4.12. The van der Waals surface area contributed by atoms with Crippen molar-refractivity contribution in [2.75, 3.05) is 0 Å². The fourth-order valence-electron chi connectivity index (χ4n) is 0.193. The first kappa shape index (κ1) is 9.59. The van der Waals surface area contributed by atoms with E-state index in [1.165, 1.54) is 0 Å². The smallest absolute Gasteiger partial charge is 0.246 e. The topological polar surface area (TPSA) is 0 Å². The van der Waals surface area contributed by atoms with E-state index in [0.717, 1.165) is 0 Å². The monoisotopic (exact) mass is 194 g/mol. The Morgan fingerprint density at radius 3 is 1.67 bits per heavy atom. The highest BCUT2D eigenvalue weighted by molar-refractivity contribution is 6.69. The Labute approximate surface area is 63.1 Å². The quantitative estimate of drug-likeness (QED) is 0.477. The summed E-state index contributed by atoms with van der Waals surface area (Å²) in [6.07, 6.45) is -2.97. The van der Waals surface area contributed by atoms with Crippen LogP contribution in [0.1, 0.15) is 0 Å². The number of rotatable bonds is 3. The third kappa shape index (κ3) is 5.05. The minimum Gasteiger partial charge on any atom is -0.246 e. The van der Waals surface area contributed by atoms with E-state index in [-0.39, 0.29) is 0 Å². The zero-order valence-corrected chi connectivity index (χ0v) is 6.63. The summed E-state index contributed by atoms with van der Waals surface area (Å²) in [4.78, 5) is 0. The van der Waals surface area contributed by atoms with E-state index >= 15 is 0 Å². The average Bonchev–Trinajstić information content (AvgIpc) is 1.63. The van der Waals surface area contributed by atoms with E-state index < -0.39 is 26.2 Å². The molecule has 0 N–H and O–H groups in total. The molecule has 0 saturated carbocycles. The second kappa shape index (κ2) is 4.41. The van der Waals surface area contributed by atoms with Gasteiger partial charge in [-0.1, -0.05) is 0 Å². The standard InChI is InChI=1S/C3H3Cl2F3Si/c4-3(5)9-2(8)1(6)7/h1-3H. The molecule has 0 saturated heterocycles. The van der Waals surface area contributed by atoms with Crippen LogP contribution in [-0.4, -0.2) is 26.2 Å². The summed E-state index contributed by atoms with van der Waals surface area (Å²) in [6, 6.07) is 0. The highest BCUT2D eigenvalue weighted by Gasteiger charge is 2.22. The number of halogens is 5. The first-order valence-electron chi connectivity index (χ1n) is 2.00. The summed E-state index contributed by atoms with van der Waals surface area (Å²) in [5, 5.41) is 0. The van der Waals surface area contributed by atoms with Crippen LogP contribution in [0.2, 0.25) is 0 Å². The lowest BCUT2D eigenvalue weighted by Gasteiger charge is -2.03. The van der Waals surface area contributed by atoms with Crippen LogP contribution in [0.5, 0.6) is 0 Å². The van der Waals surface area contributed by atoms with Gasteiger partial charge in [0, 0.05) is 0 Å². The molecule has 0 aromatic rings. The first-order valence-corrected chi connectivity index (χ1v) is 4.03. The maximum absolute atomic E-state index is 11.9. The molecule has 1 unspecified atom stereocenters. The largest absolute Gasteiger partial charge is 0.265 e. The van der Waals surface area contributed by atoms with Gasteiger partial charge in [-0.05, 0) is 0 Å². The van der Waals surface area contributed by atoms with E-state index in [1.807, 2.05) is 0 Å². The summed E-state index contributed by atoms with van der Waals surface area (Å²) in [5.41, 5.74) is 0. The van der Waals surface area contributed by atoms with Crippen LogP contribution in [0.3, 0.4) is 0 Å². The molecule has 2 radical (unpaired) electrons. The first-order chi connectivity index (χ1) is 4.04. The molecule has 0 bridgehead atoms. The fourth-order valence-corrected chi connectivity index (χ4v) is 1.30. The Bertz CT molecular complexity index is 79.5. The van der Waals surface area contributed by atoms with Crippen molar-refractivity contribution in [2.45, 2.75) is 16.7 Å². The molecule has 0 rings (SSSR count). The van der Waals surface area contributed by atoms with Gasteiger partial charge in [-0.25, -0.2) is 13.2 Å². The molecule has 54 valence electrons. The maximum atomic E-state index is 11.9. The van der Waals surface area contributed by atoms with Crippen LogP contribution in [0.15, 0.2) is 0 Å². The molecular weight excluding hydrogens is 192 g/mol. The number of hydrogen-bond acceptors (Lipinski definition) is 0. The fraction of sp³-hybridized carbons (Fsp3) is 1.00. The van der Waals surface area contributed by atoms with Gasteiger partial charge >= 0.3 is 0 Å². The van der Waals surface area contributed by atoms with Crippen molar-refractivity contribution in [3.8, 4) is 0 Å². The second-order valence-electron chi connectivity index (χ2n) is 1.20. The lowest BCUT2D eigenvalue weighted by Crippen LogP contribution is -2.24. The zero-order chi connectivity index (χ0) is 7.44. The van der Waals surface area contributed by atoms with Crippen LogP contribution in [0.25, 0.3) is 0 Å². The van der Waals surface area contributed by atoms with Gasteiger partial charge in [0.05, 0.1) is 4.46 Å². The third-order valence-corrected chi connectivity index (χ3v) is 2.08. The van der Waals surface area contributed by atoms with E-state index in [0.29, 0.717) is 0 Å². The molecule has 0 aromatic heterocycles. The van der Waals surface area contributed by atoms with Gasteiger partial charge in [-0.3, -0.25) is 0 Å². The normalized spacial score (nSPS) is 15.0. The van der Waals surface area contributed by atoms with Crippen LogP contribution in [0.4, 0.5) is 13.2 Å². The summed E-state index contributed by atoms with van der Waals surface area (Å²) in [5.74, 6) is -2.18. The van der Waals surface area contributed by atoms with Crippen molar-refractivity contribution in [1.29, 1.82) is 0 Å². The molecule has 0 heterocycles. The molecular formula is C3H3Cl2F3Si.